The third-order valence-electron chi connectivity index (χ3n) is 7.02. The van der Waals surface area contributed by atoms with Crippen molar-refractivity contribution in [2.75, 3.05) is 6.61 Å². The molecule has 0 aliphatic rings. The zero-order valence-electron chi connectivity index (χ0n) is 23.5. The molecule has 37 heavy (non-hydrogen) atoms. The Morgan fingerprint density at radius 2 is 1.30 bits per heavy atom. The van der Waals surface area contributed by atoms with Crippen LogP contribution in [0.25, 0.3) is 11.4 Å². The van der Waals surface area contributed by atoms with E-state index in [0.717, 1.165) is 31.2 Å². The number of rotatable bonds is 22. The summed E-state index contributed by atoms with van der Waals surface area (Å²) in [7, 11) is 0. The number of aryl methyl sites for hydroxylation is 1. The summed E-state index contributed by atoms with van der Waals surface area (Å²) >= 11 is 0. The van der Waals surface area contributed by atoms with Crippen LogP contribution < -0.4 is 4.74 Å². The molecule has 0 spiro atoms. The number of nitrogens with zero attached hydrogens (tertiary/aromatic N) is 2. The largest absolute Gasteiger partial charge is 0.490 e. The predicted molar refractivity (Wildman–Crippen MR) is 151 cm³/mol. The SMILES string of the molecule is CCCCCCCCCCCc1cnc(-c2ccc(OCCC(F)CCCCCCCC)c(F)c2)nc1. The lowest BCUT2D eigenvalue weighted by Crippen LogP contribution is -2.08. The van der Waals surface area contributed by atoms with Crippen LogP contribution in [0.4, 0.5) is 8.78 Å². The van der Waals surface area contributed by atoms with Crippen molar-refractivity contribution in [1.82, 2.24) is 9.97 Å². The van der Waals surface area contributed by atoms with Crippen molar-refractivity contribution >= 4 is 0 Å². The molecule has 0 saturated carbocycles. The summed E-state index contributed by atoms with van der Waals surface area (Å²) in [5.41, 5.74) is 1.74. The van der Waals surface area contributed by atoms with Gasteiger partial charge in [0.25, 0.3) is 0 Å². The molecular formula is C32H50F2N2O. The molecule has 1 aromatic heterocycles. The molecule has 3 nitrogen and oxygen atoms in total. The van der Waals surface area contributed by atoms with Crippen LogP contribution in [-0.4, -0.2) is 22.7 Å². The summed E-state index contributed by atoms with van der Waals surface area (Å²) in [5, 5.41) is 0. The van der Waals surface area contributed by atoms with Crippen molar-refractivity contribution in [2.45, 2.75) is 136 Å². The molecule has 208 valence electrons. The van der Waals surface area contributed by atoms with Gasteiger partial charge in [-0.15, -0.1) is 0 Å². The Balaban J connectivity index is 1.65. The van der Waals surface area contributed by atoms with Crippen LogP contribution in [0.5, 0.6) is 5.75 Å². The summed E-state index contributed by atoms with van der Waals surface area (Å²) in [6.07, 6.45) is 23.3. The topological polar surface area (TPSA) is 35.0 Å². The zero-order chi connectivity index (χ0) is 26.6. The van der Waals surface area contributed by atoms with Crippen molar-refractivity contribution in [3.63, 3.8) is 0 Å². The second-order valence-electron chi connectivity index (χ2n) is 10.4. The smallest absolute Gasteiger partial charge is 0.165 e. The number of aromatic nitrogens is 2. The van der Waals surface area contributed by atoms with Gasteiger partial charge >= 0.3 is 0 Å². The number of unbranched alkanes of at least 4 members (excludes halogenated alkanes) is 13. The third-order valence-corrected chi connectivity index (χ3v) is 7.02. The summed E-state index contributed by atoms with van der Waals surface area (Å²) in [6.45, 7) is 4.62. The van der Waals surface area contributed by atoms with E-state index in [1.807, 2.05) is 12.4 Å². The lowest BCUT2D eigenvalue weighted by atomic mass is 10.1. The van der Waals surface area contributed by atoms with Crippen molar-refractivity contribution in [1.29, 1.82) is 0 Å². The molecular weight excluding hydrogens is 466 g/mol. The number of hydrogen-bond acceptors (Lipinski definition) is 3. The van der Waals surface area contributed by atoms with Gasteiger partial charge in [0.15, 0.2) is 17.4 Å². The first kappa shape index (κ1) is 31.2. The molecule has 0 bridgehead atoms. The summed E-state index contributed by atoms with van der Waals surface area (Å²) < 4.78 is 34.2. The lowest BCUT2D eigenvalue weighted by molar-refractivity contribution is 0.217. The van der Waals surface area contributed by atoms with Gasteiger partial charge in [0.2, 0.25) is 0 Å². The molecule has 5 heteroatoms. The number of ether oxygens (including phenoxy) is 1. The Morgan fingerprint density at radius 3 is 1.89 bits per heavy atom. The van der Waals surface area contributed by atoms with E-state index in [9.17, 15) is 8.78 Å². The lowest BCUT2D eigenvalue weighted by Gasteiger charge is -2.11. The molecule has 0 saturated heterocycles. The van der Waals surface area contributed by atoms with Crippen molar-refractivity contribution in [3.05, 3.63) is 42.0 Å². The maximum Gasteiger partial charge on any atom is 0.165 e. The van der Waals surface area contributed by atoms with Crippen LogP contribution in [0.3, 0.4) is 0 Å². The van der Waals surface area contributed by atoms with Gasteiger partial charge in [-0.2, -0.15) is 0 Å². The maximum absolute atomic E-state index is 14.6. The minimum atomic E-state index is -0.893. The van der Waals surface area contributed by atoms with Gasteiger partial charge in [0.05, 0.1) is 6.61 Å². The van der Waals surface area contributed by atoms with E-state index in [-0.39, 0.29) is 12.4 Å². The molecule has 2 aromatic rings. The van der Waals surface area contributed by atoms with Crippen molar-refractivity contribution in [3.8, 4) is 17.1 Å². The number of halogens is 2. The Labute approximate surface area is 224 Å². The summed E-state index contributed by atoms with van der Waals surface area (Å²) in [4.78, 5) is 8.89. The standard InChI is InChI=1S/C32H50F2N2O/c1-3-5-7-9-11-12-13-14-16-18-27-25-35-32(36-26-27)28-20-21-31(30(34)24-28)37-23-22-29(33)19-17-15-10-8-6-4-2/h20-21,24-26,29H,3-19,22-23H2,1-2H3. The van der Waals surface area contributed by atoms with E-state index in [2.05, 4.69) is 23.8 Å². The number of alkyl halides is 1. The first-order valence-electron chi connectivity index (χ1n) is 15.0. The van der Waals surface area contributed by atoms with Crippen LogP contribution in [0.15, 0.2) is 30.6 Å². The first-order chi connectivity index (χ1) is 18.1. The fraction of sp³-hybridized carbons (Fsp3) is 0.688. The highest BCUT2D eigenvalue weighted by molar-refractivity contribution is 5.56. The fourth-order valence-corrected chi connectivity index (χ4v) is 4.62. The van der Waals surface area contributed by atoms with Crippen LogP contribution in [0.1, 0.15) is 129 Å². The average Bonchev–Trinajstić information content (AvgIpc) is 2.91. The molecule has 2 rings (SSSR count). The molecule has 1 aromatic carbocycles. The van der Waals surface area contributed by atoms with Gasteiger partial charge in [0, 0.05) is 24.4 Å². The maximum atomic E-state index is 14.6. The van der Waals surface area contributed by atoms with Crippen molar-refractivity contribution < 1.29 is 13.5 Å². The van der Waals surface area contributed by atoms with Gasteiger partial charge in [0.1, 0.15) is 6.17 Å². The van der Waals surface area contributed by atoms with E-state index in [0.29, 0.717) is 24.2 Å². The van der Waals surface area contributed by atoms with E-state index in [1.54, 1.807) is 12.1 Å². The highest BCUT2D eigenvalue weighted by atomic mass is 19.1. The second kappa shape index (κ2) is 20.0. The monoisotopic (exact) mass is 516 g/mol. The Bertz CT molecular complexity index is 828. The van der Waals surface area contributed by atoms with E-state index in [4.69, 9.17) is 4.74 Å². The fourth-order valence-electron chi connectivity index (χ4n) is 4.62. The average molecular weight is 517 g/mol. The highest BCUT2D eigenvalue weighted by Gasteiger charge is 2.11. The first-order valence-corrected chi connectivity index (χ1v) is 15.0. The minimum absolute atomic E-state index is 0.150. The highest BCUT2D eigenvalue weighted by Crippen LogP contribution is 2.24. The number of benzene rings is 1. The van der Waals surface area contributed by atoms with Crippen LogP contribution in [0, 0.1) is 5.82 Å². The van der Waals surface area contributed by atoms with E-state index >= 15 is 0 Å². The van der Waals surface area contributed by atoms with E-state index in [1.165, 1.54) is 83.1 Å². The molecule has 0 amide bonds. The van der Waals surface area contributed by atoms with Crippen LogP contribution in [-0.2, 0) is 6.42 Å². The molecule has 1 atom stereocenters. The van der Waals surface area contributed by atoms with Crippen LogP contribution >= 0.6 is 0 Å². The number of hydrogen-bond donors (Lipinski definition) is 0. The second-order valence-corrected chi connectivity index (χ2v) is 10.4. The van der Waals surface area contributed by atoms with E-state index < -0.39 is 12.0 Å². The summed E-state index contributed by atoms with van der Waals surface area (Å²) in [5.74, 6) is 0.188. The van der Waals surface area contributed by atoms with Gasteiger partial charge in [-0.25, -0.2) is 18.7 Å². The minimum Gasteiger partial charge on any atom is -0.490 e. The molecule has 0 radical (unpaired) electrons. The Hall–Kier alpha value is -2.04. The third kappa shape index (κ3) is 13.9. The Kier molecular flexibility index (Phi) is 16.8. The molecule has 1 unspecified atom stereocenters. The van der Waals surface area contributed by atoms with Gasteiger partial charge in [-0.1, -0.05) is 104 Å². The zero-order valence-corrected chi connectivity index (χ0v) is 23.5. The van der Waals surface area contributed by atoms with Gasteiger partial charge in [-0.05, 0) is 43.0 Å². The van der Waals surface area contributed by atoms with Crippen molar-refractivity contribution in [2.24, 2.45) is 0 Å². The van der Waals surface area contributed by atoms with Crippen LogP contribution in [0.2, 0.25) is 0 Å². The molecule has 0 aliphatic heterocycles. The molecule has 0 aliphatic carbocycles. The molecule has 0 N–H and O–H groups in total. The van der Waals surface area contributed by atoms with Gasteiger partial charge < -0.3 is 4.74 Å². The quantitative estimate of drug-likeness (QED) is 0.146. The summed E-state index contributed by atoms with van der Waals surface area (Å²) in [6, 6.07) is 4.75. The normalized spacial score (nSPS) is 12.1. The molecule has 0 fully saturated rings. The molecule has 1 heterocycles. The Morgan fingerprint density at radius 1 is 0.730 bits per heavy atom. The van der Waals surface area contributed by atoms with Gasteiger partial charge in [-0.3, -0.25) is 0 Å². The predicted octanol–water partition coefficient (Wildman–Crippen LogP) is 10.2.